The lowest BCUT2D eigenvalue weighted by molar-refractivity contribution is -0.143. The van der Waals surface area contributed by atoms with Gasteiger partial charge >= 0.3 is 5.97 Å². The number of rotatable bonds is 7. The summed E-state index contributed by atoms with van der Waals surface area (Å²) in [5.41, 5.74) is -0.456. The Hall–Kier alpha value is -3.69. The van der Waals surface area contributed by atoms with Gasteiger partial charge < -0.3 is 15.4 Å². The first-order chi connectivity index (χ1) is 13.8. The Kier molecular flexibility index (Phi) is 7.47. The van der Waals surface area contributed by atoms with Crippen LogP contribution in [0.25, 0.3) is 6.08 Å². The number of amides is 2. The van der Waals surface area contributed by atoms with Crippen LogP contribution in [-0.4, -0.2) is 30.9 Å². The van der Waals surface area contributed by atoms with Gasteiger partial charge in [0.2, 0.25) is 5.91 Å². The summed E-state index contributed by atoms with van der Waals surface area (Å²) in [6.07, 6.45) is 2.09. The van der Waals surface area contributed by atoms with Crippen molar-refractivity contribution in [2.45, 2.75) is 0 Å². The highest BCUT2D eigenvalue weighted by Gasteiger charge is 2.15. The summed E-state index contributed by atoms with van der Waals surface area (Å²) in [4.78, 5) is 34.7. The van der Waals surface area contributed by atoms with Crippen molar-refractivity contribution >= 4 is 29.5 Å². The molecule has 0 radical (unpaired) electrons. The first kappa shape index (κ1) is 21.6. The smallest absolute Gasteiger partial charge is 0.331 e. The maximum Gasteiger partial charge on any atom is 0.331 e. The molecule has 0 spiro atoms. The average molecular weight is 410 g/mol. The van der Waals surface area contributed by atoms with E-state index < -0.39 is 59.9 Å². The van der Waals surface area contributed by atoms with Crippen LogP contribution in [0.15, 0.2) is 42.5 Å². The van der Waals surface area contributed by atoms with Crippen molar-refractivity contribution in [1.29, 1.82) is 0 Å². The number of hydrogen-bond acceptors (Lipinski definition) is 4. The number of halogens is 4. The quantitative estimate of drug-likeness (QED) is 0.318. The van der Waals surface area contributed by atoms with E-state index in [-0.39, 0.29) is 5.56 Å². The second kappa shape index (κ2) is 10.0. The molecule has 2 aromatic carbocycles. The van der Waals surface area contributed by atoms with Gasteiger partial charge in [-0.15, -0.1) is 0 Å². The maximum atomic E-state index is 13.4. The molecular formula is C19H14F4N2O4. The van der Waals surface area contributed by atoms with Crippen LogP contribution in [-0.2, 0) is 19.1 Å². The first-order valence-electron chi connectivity index (χ1n) is 8.07. The van der Waals surface area contributed by atoms with Gasteiger partial charge in [-0.05, 0) is 24.3 Å². The fraction of sp³-hybridized carbons (Fsp3) is 0.105. The average Bonchev–Trinajstić information content (AvgIpc) is 2.70. The minimum absolute atomic E-state index is 0.148. The fourth-order valence-corrected chi connectivity index (χ4v) is 2.00. The predicted molar refractivity (Wildman–Crippen MR) is 94.3 cm³/mol. The molecule has 0 aliphatic heterocycles. The topological polar surface area (TPSA) is 84.5 Å². The number of hydrogen-bond donors (Lipinski definition) is 2. The molecular weight excluding hydrogens is 396 g/mol. The zero-order valence-corrected chi connectivity index (χ0v) is 14.7. The molecule has 0 heterocycles. The van der Waals surface area contributed by atoms with E-state index in [0.29, 0.717) is 6.07 Å². The lowest BCUT2D eigenvalue weighted by atomic mass is 10.2. The fourth-order valence-electron chi connectivity index (χ4n) is 2.00. The molecule has 0 unspecified atom stereocenters. The maximum absolute atomic E-state index is 13.4. The lowest BCUT2D eigenvalue weighted by Gasteiger charge is -2.08. The number of ether oxygens (including phenoxy) is 1. The standard InChI is InChI=1S/C19H14F4N2O4/c20-12-4-2-1-3-11(12)5-8-17(28)29-10-16(27)24-9-15(26)25-14-7-6-13(21)18(22)19(14)23/h1-8H,9-10H2,(H,24,27)(H,25,26)/b8-5+. The number of anilines is 1. The third-order valence-corrected chi connectivity index (χ3v) is 3.41. The van der Waals surface area contributed by atoms with Crippen molar-refractivity contribution in [3.8, 4) is 0 Å². The highest BCUT2D eigenvalue weighted by molar-refractivity contribution is 5.95. The molecule has 2 aromatic rings. The van der Waals surface area contributed by atoms with Gasteiger partial charge in [0, 0.05) is 11.6 Å². The Labute approximate surface area is 162 Å². The van der Waals surface area contributed by atoms with E-state index >= 15 is 0 Å². The van der Waals surface area contributed by atoms with Crippen LogP contribution in [0.2, 0.25) is 0 Å². The van der Waals surface area contributed by atoms with E-state index in [4.69, 9.17) is 0 Å². The van der Waals surface area contributed by atoms with Crippen LogP contribution >= 0.6 is 0 Å². The summed E-state index contributed by atoms with van der Waals surface area (Å²) in [5, 5.41) is 4.04. The number of benzene rings is 2. The molecule has 0 saturated carbocycles. The largest absolute Gasteiger partial charge is 0.452 e. The second-order valence-corrected chi connectivity index (χ2v) is 5.51. The Bertz CT molecular complexity index is 963. The Morgan fingerprint density at radius 3 is 2.34 bits per heavy atom. The van der Waals surface area contributed by atoms with Gasteiger partial charge in [-0.25, -0.2) is 22.4 Å². The van der Waals surface area contributed by atoms with E-state index in [2.05, 4.69) is 10.1 Å². The van der Waals surface area contributed by atoms with Gasteiger partial charge in [-0.1, -0.05) is 18.2 Å². The van der Waals surface area contributed by atoms with Crippen molar-refractivity contribution in [2.75, 3.05) is 18.5 Å². The van der Waals surface area contributed by atoms with E-state index in [9.17, 15) is 31.9 Å². The van der Waals surface area contributed by atoms with Crippen LogP contribution in [0.5, 0.6) is 0 Å². The molecule has 0 saturated heterocycles. The van der Waals surface area contributed by atoms with Crippen LogP contribution < -0.4 is 10.6 Å². The minimum Gasteiger partial charge on any atom is -0.452 e. The highest BCUT2D eigenvalue weighted by Crippen LogP contribution is 2.19. The summed E-state index contributed by atoms with van der Waals surface area (Å²) < 4.78 is 57.4. The van der Waals surface area contributed by atoms with Crippen LogP contribution in [0.3, 0.4) is 0 Å². The zero-order valence-electron chi connectivity index (χ0n) is 14.7. The molecule has 0 fully saturated rings. The zero-order chi connectivity index (χ0) is 21.4. The Balaban J connectivity index is 1.75. The lowest BCUT2D eigenvalue weighted by Crippen LogP contribution is -2.35. The van der Waals surface area contributed by atoms with Crippen LogP contribution in [0.4, 0.5) is 23.2 Å². The summed E-state index contributed by atoms with van der Waals surface area (Å²) in [5.74, 6) is -7.98. The van der Waals surface area contributed by atoms with E-state index in [1.165, 1.54) is 24.3 Å². The van der Waals surface area contributed by atoms with E-state index in [1.807, 2.05) is 5.32 Å². The van der Waals surface area contributed by atoms with Crippen molar-refractivity contribution in [3.05, 3.63) is 71.3 Å². The van der Waals surface area contributed by atoms with Crippen molar-refractivity contribution in [2.24, 2.45) is 0 Å². The van der Waals surface area contributed by atoms with Crippen LogP contribution in [0.1, 0.15) is 5.56 Å². The second-order valence-electron chi connectivity index (χ2n) is 5.51. The number of esters is 1. The van der Waals surface area contributed by atoms with E-state index in [1.54, 1.807) is 6.07 Å². The Morgan fingerprint density at radius 2 is 1.62 bits per heavy atom. The number of nitrogens with one attached hydrogen (secondary N) is 2. The van der Waals surface area contributed by atoms with Gasteiger partial charge in [-0.2, -0.15) is 0 Å². The molecule has 10 heteroatoms. The van der Waals surface area contributed by atoms with Gasteiger partial charge in [0.15, 0.2) is 24.1 Å². The van der Waals surface area contributed by atoms with Crippen LogP contribution in [0, 0.1) is 23.3 Å². The van der Waals surface area contributed by atoms with Gasteiger partial charge in [0.05, 0.1) is 12.2 Å². The first-order valence-corrected chi connectivity index (χ1v) is 8.07. The number of carbonyl (C=O) groups is 3. The van der Waals surface area contributed by atoms with Crippen molar-refractivity contribution in [1.82, 2.24) is 5.32 Å². The van der Waals surface area contributed by atoms with E-state index in [0.717, 1.165) is 12.1 Å². The molecule has 0 atom stereocenters. The predicted octanol–water partition coefficient (Wildman–Crippen LogP) is 2.55. The molecule has 0 aromatic heterocycles. The summed E-state index contributed by atoms with van der Waals surface area (Å²) in [6, 6.07) is 7.12. The van der Waals surface area contributed by atoms with Crippen molar-refractivity contribution < 1.29 is 36.7 Å². The normalized spacial score (nSPS) is 10.6. The molecule has 0 aliphatic carbocycles. The molecule has 2 N–H and O–H groups in total. The molecule has 152 valence electrons. The third kappa shape index (κ3) is 6.45. The highest BCUT2D eigenvalue weighted by atomic mass is 19.2. The molecule has 2 rings (SSSR count). The molecule has 6 nitrogen and oxygen atoms in total. The molecule has 29 heavy (non-hydrogen) atoms. The van der Waals surface area contributed by atoms with Crippen molar-refractivity contribution in [3.63, 3.8) is 0 Å². The summed E-state index contributed by atoms with van der Waals surface area (Å²) in [7, 11) is 0. The van der Waals surface area contributed by atoms with Gasteiger partial charge in [0.1, 0.15) is 5.82 Å². The number of carbonyl (C=O) groups excluding carboxylic acids is 3. The third-order valence-electron chi connectivity index (χ3n) is 3.41. The molecule has 0 bridgehead atoms. The summed E-state index contributed by atoms with van der Waals surface area (Å²) in [6.45, 7) is -1.37. The summed E-state index contributed by atoms with van der Waals surface area (Å²) >= 11 is 0. The SMILES string of the molecule is O=C(COC(=O)/C=C/c1ccccc1F)NCC(=O)Nc1ccc(F)c(F)c1F. The van der Waals surface area contributed by atoms with Gasteiger partial charge in [-0.3, -0.25) is 9.59 Å². The van der Waals surface area contributed by atoms with Gasteiger partial charge in [0.25, 0.3) is 5.91 Å². The monoisotopic (exact) mass is 410 g/mol. The Morgan fingerprint density at radius 1 is 0.897 bits per heavy atom. The molecule has 2 amide bonds. The molecule has 0 aliphatic rings. The minimum atomic E-state index is -1.75.